The SMILES string of the molecule is Cc1cccc(Oc2nc(C3CCCCC3)nc3cccc(C)c23)c1. The minimum Gasteiger partial charge on any atom is -0.438 e. The summed E-state index contributed by atoms with van der Waals surface area (Å²) in [6.07, 6.45) is 6.24. The first-order chi connectivity index (χ1) is 12.2. The Labute approximate surface area is 149 Å². The molecule has 0 atom stereocenters. The number of aromatic nitrogens is 2. The molecule has 3 aromatic rings. The first-order valence-corrected chi connectivity index (χ1v) is 9.22. The third-order valence-corrected chi connectivity index (χ3v) is 5.09. The summed E-state index contributed by atoms with van der Waals surface area (Å²) >= 11 is 0. The zero-order valence-electron chi connectivity index (χ0n) is 15.0. The summed E-state index contributed by atoms with van der Waals surface area (Å²) < 4.78 is 6.23. The van der Waals surface area contributed by atoms with Gasteiger partial charge >= 0.3 is 0 Å². The van der Waals surface area contributed by atoms with E-state index in [0.717, 1.165) is 28.0 Å². The van der Waals surface area contributed by atoms with Crippen LogP contribution in [0.25, 0.3) is 10.9 Å². The van der Waals surface area contributed by atoms with Crippen molar-refractivity contribution in [2.45, 2.75) is 51.9 Å². The molecule has 25 heavy (non-hydrogen) atoms. The third-order valence-electron chi connectivity index (χ3n) is 5.09. The number of benzene rings is 2. The number of fused-ring (bicyclic) bond motifs is 1. The van der Waals surface area contributed by atoms with E-state index < -0.39 is 0 Å². The van der Waals surface area contributed by atoms with Crippen molar-refractivity contribution in [2.75, 3.05) is 0 Å². The van der Waals surface area contributed by atoms with Gasteiger partial charge in [-0.25, -0.2) is 4.98 Å². The molecule has 0 amide bonds. The van der Waals surface area contributed by atoms with Gasteiger partial charge in [-0.05, 0) is 56.0 Å². The van der Waals surface area contributed by atoms with Crippen LogP contribution in [-0.2, 0) is 0 Å². The van der Waals surface area contributed by atoms with Gasteiger partial charge in [0.25, 0.3) is 0 Å². The molecule has 128 valence electrons. The van der Waals surface area contributed by atoms with Crippen LogP contribution in [0.3, 0.4) is 0 Å². The van der Waals surface area contributed by atoms with Crippen LogP contribution in [0.4, 0.5) is 0 Å². The fourth-order valence-corrected chi connectivity index (χ4v) is 3.74. The molecule has 0 spiro atoms. The molecule has 0 radical (unpaired) electrons. The van der Waals surface area contributed by atoms with E-state index in [4.69, 9.17) is 14.7 Å². The molecule has 4 rings (SSSR count). The van der Waals surface area contributed by atoms with Crippen LogP contribution in [0.1, 0.15) is 55.0 Å². The van der Waals surface area contributed by atoms with Crippen LogP contribution in [0.5, 0.6) is 11.6 Å². The number of nitrogens with zero attached hydrogens (tertiary/aromatic N) is 2. The average Bonchev–Trinajstić information content (AvgIpc) is 2.62. The fraction of sp³-hybridized carbons (Fsp3) is 0.364. The summed E-state index contributed by atoms with van der Waals surface area (Å²) in [6, 6.07) is 14.3. The van der Waals surface area contributed by atoms with Gasteiger partial charge in [-0.1, -0.05) is 43.5 Å². The fourth-order valence-electron chi connectivity index (χ4n) is 3.74. The quantitative estimate of drug-likeness (QED) is 0.582. The lowest BCUT2D eigenvalue weighted by atomic mass is 9.88. The summed E-state index contributed by atoms with van der Waals surface area (Å²) in [5.41, 5.74) is 3.31. The van der Waals surface area contributed by atoms with E-state index in [9.17, 15) is 0 Å². The lowest BCUT2D eigenvalue weighted by molar-refractivity contribution is 0.417. The highest BCUT2D eigenvalue weighted by molar-refractivity contribution is 5.87. The molecule has 3 nitrogen and oxygen atoms in total. The Hall–Kier alpha value is -2.42. The lowest BCUT2D eigenvalue weighted by Crippen LogP contribution is -2.10. The maximum atomic E-state index is 6.23. The Morgan fingerprint density at radius 3 is 2.52 bits per heavy atom. The summed E-state index contributed by atoms with van der Waals surface area (Å²) in [7, 11) is 0. The predicted octanol–water partition coefficient (Wildman–Crippen LogP) is 6.09. The van der Waals surface area contributed by atoms with Crippen molar-refractivity contribution < 1.29 is 4.74 Å². The number of aryl methyl sites for hydroxylation is 2. The normalized spacial score (nSPS) is 15.4. The van der Waals surface area contributed by atoms with Gasteiger partial charge < -0.3 is 4.74 Å². The smallest absolute Gasteiger partial charge is 0.230 e. The Balaban J connectivity index is 1.81. The van der Waals surface area contributed by atoms with Crippen LogP contribution in [-0.4, -0.2) is 9.97 Å². The summed E-state index contributed by atoms with van der Waals surface area (Å²) in [5, 5.41) is 1.02. The van der Waals surface area contributed by atoms with E-state index in [2.05, 4.69) is 38.1 Å². The Bertz CT molecular complexity index is 898. The van der Waals surface area contributed by atoms with Crippen molar-refractivity contribution in [1.29, 1.82) is 0 Å². The largest absolute Gasteiger partial charge is 0.438 e. The molecule has 0 bridgehead atoms. The summed E-state index contributed by atoms with van der Waals surface area (Å²) in [6.45, 7) is 4.17. The van der Waals surface area contributed by atoms with Crippen LogP contribution < -0.4 is 4.74 Å². The first kappa shape index (κ1) is 16.1. The third kappa shape index (κ3) is 3.37. The van der Waals surface area contributed by atoms with Crippen LogP contribution in [0.15, 0.2) is 42.5 Å². The molecule has 1 aliphatic carbocycles. The molecule has 1 heterocycles. The second kappa shape index (κ2) is 6.83. The Kier molecular flexibility index (Phi) is 4.39. The maximum Gasteiger partial charge on any atom is 0.230 e. The zero-order valence-corrected chi connectivity index (χ0v) is 15.0. The van der Waals surface area contributed by atoms with Gasteiger partial charge in [-0.2, -0.15) is 4.98 Å². The zero-order chi connectivity index (χ0) is 17.2. The highest BCUT2D eigenvalue weighted by Gasteiger charge is 2.21. The van der Waals surface area contributed by atoms with Gasteiger partial charge in [0, 0.05) is 5.92 Å². The van der Waals surface area contributed by atoms with Gasteiger partial charge in [0.15, 0.2) is 0 Å². The van der Waals surface area contributed by atoms with Gasteiger partial charge in [0.1, 0.15) is 11.6 Å². The van der Waals surface area contributed by atoms with Crippen molar-refractivity contribution >= 4 is 10.9 Å². The van der Waals surface area contributed by atoms with Crippen molar-refractivity contribution in [1.82, 2.24) is 9.97 Å². The minimum absolute atomic E-state index is 0.457. The van der Waals surface area contributed by atoms with E-state index in [-0.39, 0.29) is 0 Å². The number of rotatable bonds is 3. The second-order valence-electron chi connectivity index (χ2n) is 7.11. The van der Waals surface area contributed by atoms with Gasteiger partial charge in [-0.15, -0.1) is 0 Å². The van der Waals surface area contributed by atoms with E-state index in [1.165, 1.54) is 37.7 Å². The van der Waals surface area contributed by atoms with E-state index in [1.54, 1.807) is 0 Å². The van der Waals surface area contributed by atoms with E-state index in [1.807, 2.05) is 18.2 Å². The summed E-state index contributed by atoms with van der Waals surface area (Å²) in [4.78, 5) is 9.77. The highest BCUT2D eigenvalue weighted by atomic mass is 16.5. The molecule has 0 N–H and O–H groups in total. The monoisotopic (exact) mass is 332 g/mol. The molecule has 1 fully saturated rings. The van der Waals surface area contributed by atoms with Crippen molar-refractivity contribution in [2.24, 2.45) is 0 Å². The van der Waals surface area contributed by atoms with E-state index in [0.29, 0.717) is 11.8 Å². The van der Waals surface area contributed by atoms with Gasteiger partial charge in [0.05, 0.1) is 10.9 Å². The molecule has 1 aliphatic rings. The molecule has 0 saturated heterocycles. The average molecular weight is 332 g/mol. The number of hydrogen-bond acceptors (Lipinski definition) is 3. The molecule has 2 aromatic carbocycles. The molecule has 3 heteroatoms. The Morgan fingerprint density at radius 2 is 1.72 bits per heavy atom. The number of hydrogen-bond donors (Lipinski definition) is 0. The predicted molar refractivity (Wildman–Crippen MR) is 101 cm³/mol. The first-order valence-electron chi connectivity index (χ1n) is 9.22. The Morgan fingerprint density at radius 1 is 0.920 bits per heavy atom. The molecule has 1 saturated carbocycles. The van der Waals surface area contributed by atoms with Crippen molar-refractivity contribution in [3.05, 3.63) is 59.4 Å². The molecule has 1 aromatic heterocycles. The molecule has 0 aliphatic heterocycles. The van der Waals surface area contributed by atoms with Crippen molar-refractivity contribution in [3.8, 4) is 11.6 Å². The van der Waals surface area contributed by atoms with Gasteiger partial charge in [0.2, 0.25) is 5.88 Å². The molecule has 0 unspecified atom stereocenters. The van der Waals surface area contributed by atoms with Gasteiger partial charge in [-0.3, -0.25) is 0 Å². The summed E-state index contributed by atoms with van der Waals surface area (Å²) in [5.74, 6) is 2.92. The lowest BCUT2D eigenvalue weighted by Gasteiger charge is -2.21. The highest BCUT2D eigenvalue weighted by Crippen LogP contribution is 2.35. The van der Waals surface area contributed by atoms with Crippen LogP contribution in [0, 0.1) is 13.8 Å². The molecular formula is C22H24N2O. The minimum atomic E-state index is 0.457. The van der Waals surface area contributed by atoms with Crippen LogP contribution >= 0.6 is 0 Å². The standard InChI is InChI=1S/C22H24N2O/c1-15-8-6-12-18(14-15)25-22-20-16(2)9-7-13-19(20)23-21(24-22)17-10-4-3-5-11-17/h6-9,12-14,17H,3-5,10-11H2,1-2H3. The van der Waals surface area contributed by atoms with Crippen LogP contribution in [0.2, 0.25) is 0 Å². The number of ether oxygens (including phenoxy) is 1. The van der Waals surface area contributed by atoms with Crippen molar-refractivity contribution in [3.63, 3.8) is 0 Å². The topological polar surface area (TPSA) is 35.0 Å². The molecular weight excluding hydrogens is 308 g/mol. The van der Waals surface area contributed by atoms with E-state index >= 15 is 0 Å². The second-order valence-corrected chi connectivity index (χ2v) is 7.11. The maximum absolute atomic E-state index is 6.23.